The first-order valence-electron chi connectivity index (χ1n) is 5.19. The molecule has 1 aromatic carbocycles. The van der Waals surface area contributed by atoms with E-state index in [1.54, 1.807) is 12.1 Å². The molecule has 2 nitrogen and oxygen atoms in total. The maximum Gasteiger partial charge on any atom is 0.165 e. The molecule has 1 N–H and O–H groups in total. The molecular formula is C12H14BrFO2. The molecular weight excluding hydrogens is 275 g/mol. The molecule has 0 aliphatic heterocycles. The minimum Gasteiger partial charge on any atom is -0.385 e. The molecule has 0 aliphatic rings. The quantitative estimate of drug-likeness (QED) is 0.905. The number of carbonyl (C=O) groups excluding carboxylic acids is 1. The third kappa shape index (κ3) is 3.68. The molecule has 1 unspecified atom stereocenters. The van der Waals surface area contributed by atoms with E-state index in [0.717, 1.165) is 6.42 Å². The van der Waals surface area contributed by atoms with Gasteiger partial charge in [0.25, 0.3) is 0 Å². The summed E-state index contributed by atoms with van der Waals surface area (Å²) in [5.41, 5.74) is 0.323. The molecule has 0 heterocycles. The number of carbonyl (C=O) groups is 1. The molecule has 0 aromatic heterocycles. The monoisotopic (exact) mass is 288 g/mol. The highest BCUT2D eigenvalue weighted by Gasteiger charge is 2.16. The topological polar surface area (TPSA) is 37.3 Å². The van der Waals surface area contributed by atoms with Crippen LogP contribution in [0.2, 0.25) is 0 Å². The molecule has 0 saturated heterocycles. The summed E-state index contributed by atoms with van der Waals surface area (Å²) in [6, 6.07) is 4.54. The molecule has 0 aliphatic carbocycles. The lowest BCUT2D eigenvalue weighted by atomic mass is 10.0. The van der Waals surface area contributed by atoms with E-state index in [2.05, 4.69) is 15.9 Å². The second-order valence-corrected chi connectivity index (χ2v) is 4.60. The van der Waals surface area contributed by atoms with Crippen LogP contribution in [-0.2, 0) is 11.2 Å². The van der Waals surface area contributed by atoms with Crippen LogP contribution >= 0.6 is 15.9 Å². The van der Waals surface area contributed by atoms with Crippen molar-refractivity contribution in [3.8, 4) is 0 Å². The molecule has 16 heavy (non-hydrogen) atoms. The number of hydrogen-bond donors (Lipinski definition) is 1. The van der Waals surface area contributed by atoms with E-state index in [9.17, 15) is 14.3 Å². The summed E-state index contributed by atoms with van der Waals surface area (Å²) in [6.07, 6.45) is 0.125. The number of hydrogen-bond acceptors (Lipinski definition) is 2. The predicted octanol–water partition coefficient (Wildman–Crippen LogP) is 2.86. The number of aliphatic hydroxyl groups is 1. The van der Waals surface area contributed by atoms with E-state index >= 15 is 0 Å². The van der Waals surface area contributed by atoms with Crippen LogP contribution in [0, 0.1) is 5.82 Å². The molecule has 1 aromatic rings. The second kappa shape index (κ2) is 6.11. The number of benzene rings is 1. The number of halogens is 2. The van der Waals surface area contributed by atoms with Gasteiger partial charge in [-0.25, -0.2) is 4.39 Å². The Labute approximate surface area is 103 Å². The van der Waals surface area contributed by atoms with Gasteiger partial charge in [-0.1, -0.05) is 35.3 Å². The lowest BCUT2D eigenvalue weighted by molar-refractivity contribution is -0.126. The van der Waals surface area contributed by atoms with Gasteiger partial charge in [-0.05, 0) is 24.1 Å². The first-order valence-corrected chi connectivity index (χ1v) is 5.98. The Kier molecular flexibility index (Phi) is 5.09. The Morgan fingerprint density at radius 2 is 2.25 bits per heavy atom. The largest absolute Gasteiger partial charge is 0.385 e. The highest BCUT2D eigenvalue weighted by molar-refractivity contribution is 9.10. The number of Topliss-reactive ketones (excluding diaryl/α,β-unsaturated/α-hetero) is 1. The molecule has 4 heteroatoms. The first-order chi connectivity index (χ1) is 7.54. The molecule has 1 atom stereocenters. The smallest absolute Gasteiger partial charge is 0.165 e. The fourth-order valence-electron chi connectivity index (χ4n) is 1.40. The van der Waals surface area contributed by atoms with Gasteiger partial charge in [-0.3, -0.25) is 4.79 Å². The van der Waals surface area contributed by atoms with Crippen LogP contribution in [0.5, 0.6) is 0 Å². The molecule has 0 fully saturated rings. The molecule has 88 valence electrons. The Bertz CT molecular complexity index is 379. The minimum atomic E-state index is -0.979. The number of ketones is 1. The van der Waals surface area contributed by atoms with Crippen molar-refractivity contribution in [1.29, 1.82) is 0 Å². The molecule has 1 rings (SSSR count). The van der Waals surface area contributed by atoms with Crippen molar-refractivity contribution < 1.29 is 14.3 Å². The van der Waals surface area contributed by atoms with Gasteiger partial charge in [0, 0.05) is 10.9 Å². The van der Waals surface area contributed by atoms with E-state index in [1.165, 1.54) is 6.07 Å². The third-order valence-corrected chi connectivity index (χ3v) is 2.81. The van der Waals surface area contributed by atoms with Gasteiger partial charge in [0.05, 0.1) is 0 Å². The van der Waals surface area contributed by atoms with Crippen molar-refractivity contribution in [3.63, 3.8) is 0 Å². The van der Waals surface area contributed by atoms with Crippen molar-refractivity contribution in [2.75, 3.05) is 0 Å². The summed E-state index contributed by atoms with van der Waals surface area (Å²) in [4.78, 5) is 11.5. The van der Waals surface area contributed by atoms with Crippen molar-refractivity contribution in [1.82, 2.24) is 0 Å². The van der Waals surface area contributed by atoms with Gasteiger partial charge in [-0.15, -0.1) is 0 Å². The van der Waals surface area contributed by atoms with Gasteiger partial charge in [0.2, 0.25) is 0 Å². The van der Waals surface area contributed by atoms with Crippen molar-refractivity contribution in [2.24, 2.45) is 0 Å². The van der Waals surface area contributed by atoms with E-state index in [4.69, 9.17) is 0 Å². The lowest BCUT2D eigenvalue weighted by Gasteiger charge is -2.08. The zero-order valence-electron chi connectivity index (χ0n) is 9.04. The number of aliphatic hydroxyl groups excluding tert-OH is 1. The first kappa shape index (κ1) is 13.3. The third-order valence-electron chi connectivity index (χ3n) is 2.31. The zero-order valence-corrected chi connectivity index (χ0v) is 10.6. The Balaban J connectivity index is 2.69. The lowest BCUT2D eigenvalue weighted by Crippen LogP contribution is -2.22. The normalized spacial score (nSPS) is 12.5. The summed E-state index contributed by atoms with van der Waals surface area (Å²) >= 11 is 3.14. The average molecular weight is 289 g/mol. The highest BCUT2D eigenvalue weighted by atomic mass is 79.9. The second-order valence-electron chi connectivity index (χ2n) is 3.68. The highest BCUT2D eigenvalue weighted by Crippen LogP contribution is 2.16. The Morgan fingerprint density at radius 1 is 1.56 bits per heavy atom. The number of rotatable bonds is 5. The molecule has 0 amide bonds. The summed E-state index contributed by atoms with van der Waals surface area (Å²) in [5.74, 6) is -0.755. The van der Waals surface area contributed by atoms with Crippen molar-refractivity contribution >= 4 is 21.7 Å². The summed E-state index contributed by atoms with van der Waals surface area (Å²) in [5, 5.41) is 9.44. The van der Waals surface area contributed by atoms with Gasteiger partial charge < -0.3 is 5.11 Å². The fraction of sp³-hybridized carbons (Fsp3) is 0.417. The standard InChI is InChI=1S/C12H14BrFO2/c1-2-3-11(15)12(16)6-8-4-5-9(13)7-10(8)14/h4-5,7,11,15H,2-3,6H2,1H3. The van der Waals surface area contributed by atoms with Crippen molar-refractivity contribution in [3.05, 3.63) is 34.1 Å². The molecule has 0 saturated carbocycles. The van der Waals surface area contributed by atoms with Gasteiger partial charge in [0.15, 0.2) is 5.78 Å². The van der Waals surface area contributed by atoms with E-state index < -0.39 is 11.9 Å². The zero-order chi connectivity index (χ0) is 12.1. The van der Waals surface area contributed by atoms with Crippen LogP contribution in [0.1, 0.15) is 25.3 Å². The van der Waals surface area contributed by atoms with Gasteiger partial charge in [0.1, 0.15) is 11.9 Å². The Morgan fingerprint density at radius 3 is 2.81 bits per heavy atom. The summed E-state index contributed by atoms with van der Waals surface area (Å²) in [7, 11) is 0. The average Bonchev–Trinajstić information content (AvgIpc) is 2.22. The van der Waals surface area contributed by atoms with Gasteiger partial charge >= 0.3 is 0 Å². The SMILES string of the molecule is CCCC(O)C(=O)Cc1ccc(Br)cc1F. The molecule has 0 bridgehead atoms. The maximum absolute atomic E-state index is 13.4. The van der Waals surface area contributed by atoms with Crippen LogP contribution < -0.4 is 0 Å². The maximum atomic E-state index is 13.4. The molecule has 0 radical (unpaired) electrons. The van der Waals surface area contributed by atoms with Crippen LogP contribution in [0.3, 0.4) is 0 Å². The van der Waals surface area contributed by atoms with E-state index in [1.807, 2.05) is 6.92 Å². The minimum absolute atomic E-state index is 0.0553. The van der Waals surface area contributed by atoms with Crippen LogP contribution in [0.25, 0.3) is 0 Å². The van der Waals surface area contributed by atoms with Gasteiger partial charge in [-0.2, -0.15) is 0 Å². The van der Waals surface area contributed by atoms with Crippen LogP contribution in [0.4, 0.5) is 4.39 Å². The Hall–Kier alpha value is -0.740. The fourth-order valence-corrected chi connectivity index (χ4v) is 1.74. The van der Waals surface area contributed by atoms with Crippen LogP contribution in [-0.4, -0.2) is 17.0 Å². The van der Waals surface area contributed by atoms with Crippen LogP contribution in [0.15, 0.2) is 22.7 Å². The summed E-state index contributed by atoms with van der Waals surface area (Å²) in [6.45, 7) is 1.89. The summed E-state index contributed by atoms with van der Waals surface area (Å²) < 4.78 is 14.0. The van der Waals surface area contributed by atoms with Crippen molar-refractivity contribution in [2.45, 2.75) is 32.3 Å². The predicted molar refractivity (Wildman–Crippen MR) is 63.7 cm³/mol. The van der Waals surface area contributed by atoms with E-state index in [0.29, 0.717) is 16.5 Å². The molecule has 0 spiro atoms. The van der Waals surface area contributed by atoms with E-state index in [-0.39, 0.29) is 12.2 Å².